The molecule has 0 spiro atoms. The summed E-state index contributed by atoms with van der Waals surface area (Å²) in [6, 6.07) is 6.08. The lowest BCUT2D eigenvalue weighted by Crippen LogP contribution is -2.50. The molecular weight excluding hydrogens is 200 g/mol. The van der Waals surface area contributed by atoms with Crippen LogP contribution in [0.3, 0.4) is 0 Å². The topological polar surface area (TPSA) is 32.3 Å². The summed E-state index contributed by atoms with van der Waals surface area (Å²) in [6.45, 7) is 8.58. The van der Waals surface area contributed by atoms with Gasteiger partial charge >= 0.3 is 0 Å². The first-order valence-corrected chi connectivity index (χ1v) is 5.57. The van der Waals surface area contributed by atoms with Crippen molar-refractivity contribution in [1.82, 2.24) is 0 Å². The molecule has 3 nitrogen and oxygen atoms in total. The number of carbonyl (C=O) groups excluding carboxylic acids is 1. The third-order valence-electron chi connectivity index (χ3n) is 2.91. The van der Waals surface area contributed by atoms with Gasteiger partial charge in [0.25, 0.3) is 0 Å². The maximum Gasteiger partial charge on any atom is 0.224 e. The lowest BCUT2D eigenvalue weighted by atomic mass is 9.97. The summed E-state index contributed by atoms with van der Waals surface area (Å²) in [5.74, 6) is 0.102. The number of nitrogens with one attached hydrogen (secondary N) is 1. The van der Waals surface area contributed by atoms with E-state index in [2.05, 4.69) is 19.2 Å². The minimum Gasteiger partial charge on any atom is -0.377 e. The Hall–Kier alpha value is -1.51. The van der Waals surface area contributed by atoms with E-state index in [1.807, 2.05) is 30.0 Å². The predicted molar refractivity (Wildman–Crippen MR) is 66.9 cm³/mol. The van der Waals surface area contributed by atoms with E-state index in [1.54, 1.807) is 6.92 Å². The van der Waals surface area contributed by atoms with Gasteiger partial charge in [0.2, 0.25) is 5.91 Å². The molecule has 1 aliphatic rings. The van der Waals surface area contributed by atoms with Gasteiger partial charge in [-0.15, -0.1) is 0 Å². The Morgan fingerprint density at radius 2 is 2.12 bits per heavy atom. The highest BCUT2D eigenvalue weighted by Gasteiger charge is 2.32. The number of hydrogen-bond donors (Lipinski definition) is 1. The monoisotopic (exact) mass is 218 g/mol. The fourth-order valence-electron chi connectivity index (χ4n) is 2.27. The molecule has 0 atom stereocenters. The summed E-state index contributed by atoms with van der Waals surface area (Å²) in [6.07, 6.45) is 0. The number of hydrogen-bond acceptors (Lipinski definition) is 2. The zero-order chi connectivity index (χ0) is 11.9. The molecule has 0 radical (unpaired) electrons. The van der Waals surface area contributed by atoms with Crippen molar-refractivity contribution < 1.29 is 4.79 Å². The van der Waals surface area contributed by atoms with Crippen LogP contribution in [-0.2, 0) is 4.79 Å². The normalized spacial score (nSPS) is 17.6. The lowest BCUT2D eigenvalue weighted by Gasteiger charge is -2.41. The number of rotatable bonds is 0. The van der Waals surface area contributed by atoms with Crippen LogP contribution in [0.5, 0.6) is 0 Å². The molecular formula is C13H18N2O. The second-order valence-electron chi connectivity index (χ2n) is 5.09. The van der Waals surface area contributed by atoms with E-state index in [0.717, 1.165) is 16.9 Å². The molecule has 1 aromatic carbocycles. The molecule has 1 heterocycles. The summed E-state index contributed by atoms with van der Waals surface area (Å²) in [7, 11) is 0. The summed E-state index contributed by atoms with van der Waals surface area (Å²) >= 11 is 0. The van der Waals surface area contributed by atoms with Crippen molar-refractivity contribution in [1.29, 1.82) is 0 Å². The number of fused-ring (bicyclic) bond motifs is 1. The highest BCUT2D eigenvalue weighted by molar-refractivity contribution is 5.97. The van der Waals surface area contributed by atoms with Crippen molar-refractivity contribution in [3.8, 4) is 0 Å². The first kappa shape index (κ1) is 11.0. The molecule has 0 aromatic heterocycles. The van der Waals surface area contributed by atoms with Crippen LogP contribution >= 0.6 is 0 Å². The Labute approximate surface area is 96.5 Å². The third-order valence-corrected chi connectivity index (χ3v) is 2.91. The number of amides is 1. The minimum atomic E-state index is -0.0769. The molecule has 0 saturated heterocycles. The van der Waals surface area contributed by atoms with Crippen LogP contribution in [0.1, 0.15) is 26.3 Å². The summed E-state index contributed by atoms with van der Waals surface area (Å²) in [5.41, 5.74) is 3.13. The van der Waals surface area contributed by atoms with Gasteiger partial charge in [0.1, 0.15) is 0 Å². The second kappa shape index (κ2) is 3.51. The first-order valence-electron chi connectivity index (χ1n) is 5.57. The van der Waals surface area contributed by atoms with Gasteiger partial charge in [-0.3, -0.25) is 4.79 Å². The van der Waals surface area contributed by atoms with E-state index < -0.39 is 0 Å². The molecule has 86 valence electrons. The molecule has 1 aromatic rings. The van der Waals surface area contributed by atoms with Crippen LogP contribution in [0.25, 0.3) is 0 Å². The van der Waals surface area contributed by atoms with Crippen molar-refractivity contribution in [2.45, 2.75) is 33.2 Å². The Morgan fingerprint density at radius 1 is 1.44 bits per heavy atom. The van der Waals surface area contributed by atoms with Gasteiger partial charge in [-0.1, -0.05) is 12.1 Å². The fraction of sp³-hybridized carbons (Fsp3) is 0.462. The summed E-state index contributed by atoms with van der Waals surface area (Å²) < 4.78 is 0. The van der Waals surface area contributed by atoms with Crippen molar-refractivity contribution in [3.63, 3.8) is 0 Å². The molecule has 0 fully saturated rings. The largest absolute Gasteiger partial charge is 0.377 e. The van der Waals surface area contributed by atoms with Gasteiger partial charge in [-0.25, -0.2) is 0 Å². The molecule has 0 aliphatic carbocycles. The molecule has 1 amide bonds. The first-order chi connectivity index (χ1) is 7.41. The van der Waals surface area contributed by atoms with E-state index >= 15 is 0 Å². The van der Waals surface area contributed by atoms with Crippen molar-refractivity contribution in [2.75, 3.05) is 16.8 Å². The third kappa shape index (κ3) is 1.77. The van der Waals surface area contributed by atoms with Crippen LogP contribution < -0.4 is 10.2 Å². The summed E-state index contributed by atoms with van der Waals surface area (Å²) in [5, 5.41) is 3.47. The molecule has 0 bridgehead atoms. The second-order valence-corrected chi connectivity index (χ2v) is 5.09. The van der Waals surface area contributed by atoms with Crippen LogP contribution in [0.4, 0.5) is 11.4 Å². The lowest BCUT2D eigenvalue weighted by molar-refractivity contribution is -0.116. The number of anilines is 2. The Balaban J connectivity index is 2.56. The predicted octanol–water partition coefficient (Wildman–Crippen LogP) is 2.55. The van der Waals surface area contributed by atoms with Crippen LogP contribution in [0.2, 0.25) is 0 Å². The van der Waals surface area contributed by atoms with E-state index in [1.165, 1.54) is 0 Å². The van der Waals surface area contributed by atoms with Gasteiger partial charge in [0.15, 0.2) is 0 Å². The summed E-state index contributed by atoms with van der Waals surface area (Å²) in [4.78, 5) is 13.6. The number of nitrogens with zero attached hydrogens (tertiary/aromatic N) is 1. The van der Waals surface area contributed by atoms with Crippen molar-refractivity contribution in [2.24, 2.45) is 0 Å². The fourth-order valence-corrected chi connectivity index (χ4v) is 2.27. The zero-order valence-corrected chi connectivity index (χ0v) is 10.3. The molecule has 1 aliphatic heterocycles. The number of benzene rings is 1. The Morgan fingerprint density at radius 3 is 2.75 bits per heavy atom. The van der Waals surface area contributed by atoms with Gasteiger partial charge in [-0.05, 0) is 32.4 Å². The smallest absolute Gasteiger partial charge is 0.224 e. The average molecular weight is 218 g/mol. The number of para-hydroxylation sites is 1. The van der Waals surface area contributed by atoms with E-state index in [4.69, 9.17) is 0 Å². The van der Waals surface area contributed by atoms with E-state index in [0.29, 0.717) is 6.54 Å². The van der Waals surface area contributed by atoms with Gasteiger partial charge in [0, 0.05) is 19.0 Å². The maximum atomic E-state index is 11.7. The van der Waals surface area contributed by atoms with Gasteiger partial charge in [-0.2, -0.15) is 0 Å². The SMILES string of the molecule is CC(=O)N1CC(C)(C)Nc2cccc(C)c21. The molecule has 3 heteroatoms. The molecule has 1 N–H and O–H groups in total. The van der Waals surface area contributed by atoms with E-state index in [-0.39, 0.29) is 11.4 Å². The minimum absolute atomic E-state index is 0.0769. The van der Waals surface area contributed by atoms with Gasteiger partial charge in [0.05, 0.1) is 11.4 Å². The van der Waals surface area contributed by atoms with Crippen molar-refractivity contribution >= 4 is 17.3 Å². The van der Waals surface area contributed by atoms with Crippen LogP contribution in [-0.4, -0.2) is 18.0 Å². The molecule has 2 rings (SSSR count). The van der Waals surface area contributed by atoms with E-state index in [9.17, 15) is 4.79 Å². The molecule has 0 saturated carbocycles. The number of carbonyl (C=O) groups is 1. The standard InChI is InChI=1S/C13H18N2O/c1-9-6-5-7-11-12(9)15(10(2)16)8-13(3,4)14-11/h5-7,14H,8H2,1-4H3. The zero-order valence-electron chi connectivity index (χ0n) is 10.3. The van der Waals surface area contributed by atoms with Crippen molar-refractivity contribution in [3.05, 3.63) is 23.8 Å². The number of aryl methyl sites for hydroxylation is 1. The maximum absolute atomic E-state index is 11.7. The Kier molecular flexibility index (Phi) is 2.41. The average Bonchev–Trinajstić information content (AvgIpc) is 2.14. The quantitative estimate of drug-likeness (QED) is 0.725. The Bertz CT molecular complexity index is 438. The highest BCUT2D eigenvalue weighted by atomic mass is 16.2. The van der Waals surface area contributed by atoms with Crippen LogP contribution in [0.15, 0.2) is 18.2 Å². The molecule has 16 heavy (non-hydrogen) atoms. The van der Waals surface area contributed by atoms with Crippen LogP contribution in [0, 0.1) is 6.92 Å². The highest BCUT2D eigenvalue weighted by Crippen LogP contribution is 2.36. The van der Waals surface area contributed by atoms with Gasteiger partial charge < -0.3 is 10.2 Å². The molecule has 0 unspecified atom stereocenters.